The number of hydrogen-bond acceptors (Lipinski definition) is 8. The lowest BCUT2D eigenvalue weighted by Crippen LogP contribution is -2.44. The SMILES string of the molecule is Cc1cccc(C)c1-c1cc(OC(CN)C(=O)NCCC(C)(C)C)nc(NSc2cccc(C(=O)O)c2)n1. The number of nitrogens with two attached hydrogens (primary N) is 1. The van der Waals surface area contributed by atoms with Crippen molar-refractivity contribution in [3.63, 3.8) is 0 Å². The monoisotopic (exact) mass is 537 g/mol. The summed E-state index contributed by atoms with van der Waals surface area (Å²) in [4.78, 5) is 33.9. The fourth-order valence-electron chi connectivity index (χ4n) is 3.70. The summed E-state index contributed by atoms with van der Waals surface area (Å²) in [5.41, 5.74) is 9.75. The van der Waals surface area contributed by atoms with Gasteiger partial charge in [-0.25, -0.2) is 9.78 Å². The number of benzene rings is 2. The van der Waals surface area contributed by atoms with Gasteiger partial charge in [-0.05, 0) is 67.0 Å². The van der Waals surface area contributed by atoms with E-state index in [2.05, 4.69) is 40.8 Å². The quantitative estimate of drug-likeness (QED) is 0.253. The number of nitrogens with one attached hydrogen (secondary N) is 2. The number of carboxylic acids is 1. The van der Waals surface area contributed by atoms with Gasteiger partial charge in [0.2, 0.25) is 11.8 Å². The molecular formula is C28H35N5O4S. The van der Waals surface area contributed by atoms with E-state index < -0.39 is 12.1 Å². The summed E-state index contributed by atoms with van der Waals surface area (Å²) >= 11 is 1.17. The van der Waals surface area contributed by atoms with E-state index in [4.69, 9.17) is 10.5 Å². The van der Waals surface area contributed by atoms with Crippen LogP contribution in [-0.2, 0) is 4.79 Å². The first-order chi connectivity index (χ1) is 18.0. The lowest BCUT2D eigenvalue weighted by Gasteiger charge is -2.21. The normalized spacial score (nSPS) is 12.1. The zero-order valence-electron chi connectivity index (χ0n) is 22.4. The van der Waals surface area contributed by atoms with Gasteiger partial charge in [0.1, 0.15) is 0 Å². The Labute approximate surface area is 227 Å². The number of anilines is 1. The Morgan fingerprint density at radius 2 is 1.76 bits per heavy atom. The molecule has 0 bridgehead atoms. The third-order valence-electron chi connectivity index (χ3n) is 5.72. The van der Waals surface area contributed by atoms with Crippen LogP contribution >= 0.6 is 11.9 Å². The molecule has 0 spiro atoms. The van der Waals surface area contributed by atoms with E-state index in [9.17, 15) is 14.7 Å². The second kappa shape index (κ2) is 12.7. The van der Waals surface area contributed by atoms with Crippen LogP contribution in [0, 0.1) is 19.3 Å². The first-order valence-corrected chi connectivity index (χ1v) is 13.1. The van der Waals surface area contributed by atoms with Crippen molar-refractivity contribution >= 4 is 29.8 Å². The Bertz CT molecular complexity index is 1270. The predicted octanol–water partition coefficient (Wildman–Crippen LogP) is 4.84. The number of ether oxygens (including phenoxy) is 1. The number of carboxylic acid groups (broad SMARTS) is 1. The van der Waals surface area contributed by atoms with Gasteiger partial charge in [-0.1, -0.05) is 45.0 Å². The number of carbonyl (C=O) groups excluding carboxylic acids is 1. The first-order valence-electron chi connectivity index (χ1n) is 12.3. The minimum Gasteiger partial charge on any atom is -0.478 e. The molecule has 9 nitrogen and oxygen atoms in total. The van der Waals surface area contributed by atoms with Gasteiger partial charge in [0.05, 0.1) is 11.3 Å². The van der Waals surface area contributed by atoms with E-state index in [0.29, 0.717) is 17.1 Å². The van der Waals surface area contributed by atoms with Crippen LogP contribution in [0.1, 0.15) is 48.7 Å². The predicted molar refractivity (Wildman–Crippen MR) is 150 cm³/mol. The van der Waals surface area contributed by atoms with Crippen molar-refractivity contribution in [1.29, 1.82) is 0 Å². The van der Waals surface area contributed by atoms with Crippen LogP contribution in [0.15, 0.2) is 53.4 Å². The Morgan fingerprint density at radius 1 is 1.08 bits per heavy atom. The Hall–Kier alpha value is -3.63. The largest absolute Gasteiger partial charge is 0.478 e. The molecule has 3 rings (SSSR count). The van der Waals surface area contributed by atoms with Crippen LogP contribution in [0.3, 0.4) is 0 Å². The van der Waals surface area contributed by atoms with Crippen LogP contribution < -0.4 is 20.5 Å². The molecule has 0 aliphatic rings. The number of hydrogen-bond donors (Lipinski definition) is 4. The van der Waals surface area contributed by atoms with Gasteiger partial charge in [0.25, 0.3) is 5.91 Å². The summed E-state index contributed by atoms with van der Waals surface area (Å²) in [6.07, 6.45) is -0.113. The van der Waals surface area contributed by atoms with E-state index >= 15 is 0 Å². The smallest absolute Gasteiger partial charge is 0.335 e. The molecule has 1 unspecified atom stereocenters. The van der Waals surface area contributed by atoms with Gasteiger partial charge in [0, 0.05) is 29.6 Å². The zero-order valence-corrected chi connectivity index (χ0v) is 23.2. The fourth-order valence-corrected chi connectivity index (χ4v) is 4.34. The van der Waals surface area contributed by atoms with Crippen molar-refractivity contribution in [2.75, 3.05) is 17.8 Å². The highest BCUT2D eigenvalue weighted by atomic mass is 32.2. The molecule has 0 fully saturated rings. The molecule has 3 aromatic rings. The second-order valence-corrected chi connectivity index (χ2v) is 11.0. The van der Waals surface area contributed by atoms with Gasteiger partial charge in [-0.15, -0.1) is 0 Å². The molecule has 0 aliphatic heterocycles. The topological polar surface area (TPSA) is 139 Å². The van der Waals surface area contributed by atoms with E-state index in [1.54, 1.807) is 24.3 Å². The van der Waals surface area contributed by atoms with Crippen molar-refractivity contribution < 1.29 is 19.4 Å². The van der Waals surface area contributed by atoms with Gasteiger partial charge < -0.3 is 20.9 Å². The molecule has 1 heterocycles. The summed E-state index contributed by atoms with van der Waals surface area (Å²) in [5, 5.41) is 12.2. The van der Waals surface area contributed by atoms with E-state index in [1.165, 1.54) is 18.0 Å². The number of aromatic nitrogens is 2. The molecule has 202 valence electrons. The van der Waals surface area contributed by atoms with Crippen LogP contribution in [0.4, 0.5) is 5.95 Å². The van der Waals surface area contributed by atoms with Crippen LogP contribution in [-0.4, -0.2) is 46.1 Å². The highest BCUT2D eigenvalue weighted by Crippen LogP contribution is 2.30. The summed E-state index contributed by atoms with van der Waals surface area (Å²) in [7, 11) is 0. The van der Waals surface area contributed by atoms with Gasteiger partial charge in [-0.3, -0.25) is 9.52 Å². The van der Waals surface area contributed by atoms with Crippen molar-refractivity contribution in [3.8, 4) is 17.1 Å². The number of aromatic carboxylic acids is 1. The Balaban J connectivity index is 1.89. The molecule has 0 saturated carbocycles. The summed E-state index contributed by atoms with van der Waals surface area (Å²) in [5.74, 6) is -0.875. The average molecular weight is 538 g/mol. The van der Waals surface area contributed by atoms with Crippen LogP contribution in [0.2, 0.25) is 0 Å². The van der Waals surface area contributed by atoms with Crippen molar-refractivity contribution in [2.45, 2.75) is 52.0 Å². The van der Waals surface area contributed by atoms with Crippen molar-refractivity contribution in [1.82, 2.24) is 15.3 Å². The molecule has 1 aromatic heterocycles. The standard InChI is InChI=1S/C28H35N5O4S/c1-17-8-6-9-18(2)24(17)21-15-23(37-22(16-29)25(34)30-13-12-28(3,4)5)32-27(31-21)33-38-20-11-7-10-19(14-20)26(35)36/h6-11,14-15,22H,12-13,16,29H2,1-5H3,(H,30,34)(H,35,36)(H,31,32,33). The molecule has 0 saturated heterocycles. The Morgan fingerprint density at radius 3 is 2.39 bits per heavy atom. The third-order valence-corrected chi connectivity index (χ3v) is 6.50. The molecule has 10 heteroatoms. The number of rotatable bonds is 11. The molecule has 1 amide bonds. The molecule has 0 radical (unpaired) electrons. The number of amides is 1. The zero-order chi connectivity index (χ0) is 27.9. The molecule has 2 aromatic carbocycles. The maximum Gasteiger partial charge on any atom is 0.335 e. The van der Waals surface area contributed by atoms with Crippen molar-refractivity contribution in [2.24, 2.45) is 11.1 Å². The summed E-state index contributed by atoms with van der Waals surface area (Å²) in [6.45, 7) is 10.8. The molecular weight excluding hydrogens is 502 g/mol. The van der Waals surface area contributed by atoms with E-state index in [-0.39, 0.29) is 35.3 Å². The molecule has 1 atom stereocenters. The number of carbonyl (C=O) groups is 2. The molecule has 38 heavy (non-hydrogen) atoms. The molecule has 5 N–H and O–H groups in total. The Kier molecular flexibility index (Phi) is 9.71. The van der Waals surface area contributed by atoms with Crippen LogP contribution in [0.5, 0.6) is 5.88 Å². The van der Waals surface area contributed by atoms with E-state index in [1.807, 2.05) is 32.0 Å². The minimum atomic E-state index is -1.01. The van der Waals surface area contributed by atoms with Crippen molar-refractivity contribution in [3.05, 3.63) is 65.2 Å². The molecule has 0 aliphatic carbocycles. The van der Waals surface area contributed by atoms with Gasteiger partial charge in [-0.2, -0.15) is 4.98 Å². The maximum atomic E-state index is 12.8. The second-order valence-electron chi connectivity index (χ2n) is 10.2. The van der Waals surface area contributed by atoms with Crippen LogP contribution in [0.25, 0.3) is 11.3 Å². The maximum absolute atomic E-state index is 12.8. The van der Waals surface area contributed by atoms with E-state index in [0.717, 1.165) is 23.1 Å². The summed E-state index contributed by atoms with van der Waals surface area (Å²) in [6, 6.07) is 14.2. The summed E-state index contributed by atoms with van der Waals surface area (Å²) < 4.78 is 9.06. The third kappa shape index (κ3) is 8.19. The van der Waals surface area contributed by atoms with Gasteiger partial charge >= 0.3 is 5.97 Å². The highest BCUT2D eigenvalue weighted by molar-refractivity contribution is 8.00. The fraction of sp³-hybridized carbons (Fsp3) is 0.357. The first kappa shape index (κ1) is 28.9. The average Bonchev–Trinajstić information content (AvgIpc) is 2.85. The number of nitrogens with zero attached hydrogens (tertiary/aromatic N) is 2. The lowest BCUT2D eigenvalue weighted by molar-refractivity contribution is -0.127. The minimum absolute atomic E-state index is 0.0242. The lowest BCUT2D eigenvalue weighted by atomic mass is 9.92. The highest BCUT2D eigenvalue weighted by Gasteiger charge is 2.22. The van der Waals surface area contributed by atoms with Gasteiger partial charge in [0.15, 0.2) is 6.10 Å². The number of aryl methyl sites for hydroxylation is 2.